The van der Waals surface area contributed by atoms with Gasteiger partial charge in [0, 0.05) is 12.9 Å². The van der Waals surface area contributed by atoms with E-state index in [1.807, 2.05) is 0 Å². The predicted molar refractivity (Wildman–Crippen MR) is 17.4 cm³/mol. The second-order valence-corrected chi connectivity index (χ2v) is 0.298. The third-order valence-corrected chi connectivity index (χ3v) is 0.0861. The lowest BCUT2D eigenvalue weighted by Crippen LogP contribution is -1.27. The summed E-state index contributed by atoms with van der Waals surface area (Å²) in [5, 5.41) is 0. The van der Waals surface area contributed by atoms with Crippen LogP contribution in [0.5, 0.6) is 0 Å². The molecular weight excluding hydrogens is 50.0 g/mol. The minimum atomic E-state index is 1.03. The van der Waals surface area contributed by atoms with Gasteiger partial charge in [0.15, 0.2) is 0 Å². The molecule has 0 unspecified atom stereocenters. The van der Waals surface area contributed by atoms with Crippen molar-refractivity contribution in [3.8, 4) is 0 Å². The molecule has 0 N–H and O–H groups in total. The maximum atomic E-state index is 4.61. The van der Waals surface area contributed by atoms with Gasteiger partial charge in [0.25, 0.3) is 0 Å². The lowest BCUT2D eigenvalue weighted by atomic mass is 11.1. The van der Waals surface area contributed by atoms with Crippen molar-refractivity contribution in [2.24, 2.45) is 4.99 Å². The lowest BCUT2D eigenvalue weighted by Gasteiger charge is -1.47. The highest BCUT2D eigenvalue weighted by molar-refractivity contribution is 5.24. The molecule has 0 fully saturated rings. The molecule has 0 atom stereocenters. The van der Waals surface area contributed by atoms with E-state index in [0.29, 0.717) is 0 Å². The van der Waals surface area contributed by atoms with Crippen molar-refractivity contribution in [2.75, 3.05) is 0 Å². The van der Waals surface area contributed by atoms with Crippen LogP contribution >= 0.6 is 0 Å². The number of rotatable bonds is 1. The van der Waals surface area contributed by atoms with Gasteiger partial charge in [0.2, 0.25) is 0 Å². The Balaban J connectivity index is 2.73. The number of aliphatic imine (C=N–C) groups is 1. The van der Waals surface area contributed by atoms with Crippen molar-refractivity contribution in [1.29, 1.82) is 0 Å². The normalized spacial score (nSPS) is 5.00. The molecule has 1 nitrogen and oxygen atoms in total. The first-order chi connectivity index (χ1) is 1.91. The van der Waals surface area contributed by atoms with Crippen molar-refractivity contribution < 1.29 is 0 Å². The van der Waals surface area contributed by atoms with Crippen LogP contribution in [0.4, 0.5) is 0 Å². The van der Waals surface area contributed by atoms with Crippen molar-refractivity contribution in [3.05, 3.63) is 12.8 Å². The van der Waals surface area contributed by atoms with Gasteiger partial charge in [-0.15, -0.1) is 0 Å². The first-order valence-electron chi connectivity index (χ1n) is 0.850. The van der Waals surface area contributed by atoms with Gasteiger partial charge < -0.3 is 0 Å². The van der Waals surface area contributed by atoms with Crippen LogP contribution in [0.25, 0.3) is 0 Å². The van der Waals surface area contributed by atoms with E-state index in [1.165, 1.54) is 0 Å². The molecule has 0 aromatic rings. The van der Waals surface area contributed by atoms with E-state index in [-0.39, 0.29) is 0 Å². The second-order valence-electron chi connectivity index (χ2n) is 0.298. The number of nitrogens with zero attached hydrogens (tertiary/aromatic N) is 1. The molecule has 0 rings (SSSR count). The molecule has 0 aliphatic rings. The maximum absolute atomic E-state index is 4.61. The standard InChI is InChI=1S/C3H3N/c1-3-4-2/h1-3H. The summed E-state index contributed by atoms with van der Waals surface area (Å²) in [4.78, 5) is 2.89. The van der Waals surface area contributed by atoms with Crippen LogP contribution in [0.2, 0.25) is 0 Å². The summed E-state index contributed by atoms with van der Waals surface area (Å²) in [5.41, 5.74) is 0. The van der Waals surface area contributed by atoms with Gasteiger partial charge in [0.05, 0.1) is 0 Å². The van der Waals surface area contributed by atoms with E-state index in [4.69, 9.17) is 0 Å². The van der Waals surface area contributed by atoms with Crippen molar-refractivity contribution in [3.63, 3.8) is 0 Å². The van der Waals surface area contributed by atoms with Gasteiger partial charge in [-0.1, -0.05) is 0 Å². The quantitative estimate of drug-likeness (QED) is 0.386. The monoisotopic (exact) mass is 53.0 g/mol. The smallest absolute Gasteiger partial charge is 0.0450 e. The molecule has 0 aliphatic heterocycles. The highest BCUT2D eigenvalue weighted by Crippen LogP contribution is 1.49. The van der Waals surface area contributed by atoms with Crippen LogP contribution in [0.3, 0.4) is 0 Å². The Hall–Kier alpha value is -0.590. The summed E-state index contributed by atoms with van der Waals surface area (Å²) >= 11 is 0. The van der Waals surface area contributed by atoms with Crippen LogP contribution in [0, 0.1) is 6.58 Å². The summed E-state index contributed by atoms with van der Waals surface area (Å²) < 4.78 is 0. The van der Waals surface area contributed by atoms with Gasteiger partial charge in [-0.2, -0.15) is 0 Å². The molecule has 2 radical (unpaired) electrons. The van der Waals surface area contributed by atoms with Crippen LogP contribution in [0.1, 0.15) is 0 Å². The predicted octanol–water partition coefficient (Wildman–Crippen LogP) is 0.511. The third kappa shape index (κ3) is 1.41. The molecular formula is C3H3N. The zero-order valence-corrected chi connectivity index (χ0v) is 2.18. The van der Waals surface area contributed by atoms with Crippen molar-refractivity contribution in [2.45, 2.75) is 0 Å². The highest BCUT2D eigenvalue weighted by Gasteiger charge is 1.28. The molecule has 0 amide bonds. The van der Waals surface area contributed by atoms with Gasteiger partial charge in [-0.05, 0) is 6.58 Å². The molecule has 1 heteroatoms. The van der Waals surface area contributed by atoms with Crippen molar-refractivity contribution in [1.82, 2.24) is 0 Å². The topological polar surface area (TPSA) is 12.4 Å². The summed E-state index contributed by atoms with van der Waals surface area (Å²) in [6, 6.07) is 0. The summed E-state index contributed by atoms with van der Waals surface area (Å²) in [6.45, 7) is 9.08. The zero-order chi connectivity index (χ0) is 3.41. The molecule has 0 saturated carbocycles. The average Bonchev–Trinajstić information content (AvgIpc) is 1.37. The first-order valence-corrected chi connectivity index (χ1v) is 0.850. The van der Waals surface area contributed by atoms with E-state index >= 15 is 0 Å². The summed E-state index contributed by atoms with van der Waals surface area (Å²) in [7, 11) is 0. The fourth-order valence-electron chi connectivity index (χ4n) is 0. The Morgan fingerprint density at radius 3 is 2.00 bits per heavy atom. The minimum Gasteiger partial charge on any atom is -0.263 e. The molecule has 0 heterocycles. The van der Waals surface area contributed by atoms with Gasteiger partial charge in [-0.3, -0.25) is 4.99 Å². The fraction of sp³-hybridized carbons (Fsp3) is 0. The number of hydrogen-bond donors (Lipinski definition) is 0. The van der Waals surface area contributed by atoms with E-state index in [1.54, 1.807) is 0 Å². The molecule has 0 spiro atoms. The maximum Gasteiger partial charge on any atom is 0.0450 e. The fourth-order valence-corrected chi connectivity index (χ4v) is 0. The second kappa shape index (κ2) is 2.41. The average molecular weight is 53.1 g/mol. The van der Waals surface area contributed by atoms with Gasteiger partial charge >= 0.3 is 0 Å². The summed E-state index contributed by atoms with van der Waals surface area (Å²) in [6.07, 6.45) is 1.03. The minimum absolute atomic E-state index is 1.03. The largest absolute Gasteiger partial charge is 0.263 e. The Morgan fingerprint density at radius 2 is 2.00 bits per heavy atom. The van der Waals surface area contributed by atoms with E-state index in [9.17, 15) is 0 Å². The van der Waals surface area contributed by atoms with Gasteiger partial charge in [0.1, 0.15) is 0 Å². The Bertz CT molecular complexity index is 24.3. The molecule has 4 heavy (non-hydrogen) atoms. The third-order valence-electron chi connectivity index (χ3n) is 0.0861. The van der Waals surface area contributed by atoms with Crippen LogP contribution in [-0.2, 0) is 0 Å². The molecule has 0 saturated heterocycles. The Labute approximate surface area is 25.7 Å². The zero-order valence-electron chi connectivity index (χ0n) is 2.18. The van der Waals surface area contributed by atoms with E-state index in [0.717, 1.165) is 6.20 Å². The Morgan fingerprint density at radius 1 is 1.75 bits per heavy atom. The van der Waals surface area contributed by atoms with Gasteiger partial charge in [-0.25, -0.2) is 0 Å². The molecule has 0 aromatic carbocycles. The van der Waals surface area contributed by atoms with Crippen LogP contribution in [0.15, 0.2) is 11.2 Å². The SMILES string of the molecule is [CH]=CN=[CH]. The molecule has 0 aliphatic carbocycles. The molecule has 0 bridgehead atoms. The van der Waals surface area contributed by atoms with E-state index < -0.39 is 0 Å². The highest BCUT2D eigenvalue weighted by atomic mass is 14.6. The first kappa shape index (κ1) is 3.41. The van der Waals surface area contributed by atoms with Crippen molar-refractivity contribution >= 4 is 6.72 Å². The number of hydrogen-bond acceptors (Lipinski definition) is 1. The van der Waals surface area contributed by atoms with Crippen LogP contribution < -0.4 is 0 Å². The Kier molecular flexibility index (Phi) is 2.05. The lowest BCUT2D eigenvalue weighted by molar-refractivity contribution is 1.64. The molecule has 20 valence electrons. The summed E-state index contributed by atoms with van der Waals surface area (Å²) in [5.74, 6) is 0. The van der Waals surface area contributed by atoms with Crippen LogP contribution in [-0.4, -0.2) is 6.72 Å². The molecule has 0 aromatic heterocycles. The van der Waals surface area contributed by atoms with E-state index in [2.05, 4.69) is 18.3 Å².